The Morgan fingerprint density at radius 1 is 0.865 bits per heavy atom. The molecule has 0 atom stereocenters. The summed E-state index contributed by atoms with van der Waals surface area (Å²) in [6, 6.07) is 20.8. The lowest BCUT2D eigenvalue weighted by Crippen LogP contribution is -2.26. The number of nitrogens with zero attached hydrogens (tertiary/aromatic N) is 1. The van der Waals surface area contributed by atoms with E-state index in [9.17, 15) is 14.0 Å². The van der Waals surface area contributed by atoms with Crippen LogP contribution in [-0.4, -0.2) is 28.5 Å². The Balaban J connectivity index is 1.48. The molecule has 188 valence electrons. The number of benzene rings is 3. The molecule has 1 aromatic heterocycles. The first-order valence-corrected chi connectivity index (χ1v) is 12.1. The summed E-state index contributed by atoms with van der Waals surface area (Å²) in [5.74, 6) is -1.84. The molecule has 0 aliphatic rings. The maximum absolute atomic E-state index is 14.9. The number of carboxylic acid groups (broad SMARTS) is 1. The normalized spacial score (nSPS) is 10.7. The van der Waals surface area contributed by atoms with Gasteiger partial charge in [-0.05, 0) is 64.7 Å². The van der Waals surface area contributed by atoms with E-state index in [0.29, 0.717) is 22.3 Å². The molecule has 4 aromatic rings. The van der Waals surface area contributed by atoms with Crippen LogP contribution in [0.3, 0.4) is 0 Å². The van der Waals surface area contributed by atoms with E-state index >= 15 is 0 Å². The van der Waals surface area contributed by atoms with Crippen LogP contribution in [0.25, 0.3) is 22.3 Å². The van der Waals surface area contributed by atoms with Crippen molar-refractivity contribution in [2.24, 2.45) is 0 Å². The standard InChI is InChI=1S/C28H22Cl2FN3O3/c29-21-6-1-17(2-7-21)18-4-9-25(24(31)13-18)33-15-19-3-8-22(30)14-23(19)20-5-10-26(34-16-20)28(37)32-12-11-27(35)36/h1-10,13-14,16,33H,11-12,15H2,(H,32,37)(H,35,36). The first-order chi connectivity index (χ1) is 17.8. The van der Waals surface area contributed by atoms with Gasteiger partial charge in [-0.1, -0.05) is 53.5 Å². The van der Waals surface area contributed by atoms with Crippen molar-refractivity contribution < 1.29 is 19.1 Å². The van der Waals surface area contributed by atoms with Gasteiger partial charge in [0, 0.05) is 34.9 Å². The molecule has 0 aliphatic heterocycles. The molecule has 0 fully saturated rings. The maximum atomic E-state index is 14.9. The van der Waals surface area contributed by atoms with Crippen molar-refractivity contribution in [1.29, 1.82) is 0 Å². The van der Waals surface area contributed by atoms with Crippen molar-refractivity contribution in [3.8, 4) is 22.3 Å². The molecule has 37 heavy (non-hydrogen) atoms. The van der Waals surface area contributed by atoms with Gasteiger partial charge in [0.05, 0.1) is 12.1 Å². The van der Waals surface area contributed by atoms with Gasteiger partial charge in [0.2, 0.25) is 0 Å². The molecule has 0 saturated carbocycles. The summed E-state index contributed by atoms with van der Waals surface area (Å²) in [5.41, 5.74) is 4.48. The van der Waals surface area contributed by atoms with E-state index in [-0.39, 0.29) is 24.5 Å². The number of hydrogen-bond acceptors (Lipinski definition) is 4. The Morgan fingerprint density at radius 3 is 2.24 bits per heavy atom. The largest absolute Gasteiger partial charge is 0.481 e. The Labute approximate surface area is 223 Å². The van der Waals surface area contributed by atoms with Crippen LogP contribution in [0.15, 0.2) is 79.0 Å². The number of anilines is 1. The highest BCUT2D eigenvalue weighted by Gasteiger charge is 2.12. The molecule has 0 bridgehead atoms. The third-order valence-electron chi connectivity index (χ3n) is 5.62. The Morgan fingerprint density at radius 2 is 1.57 bits per heavy atom. The van der Waals surface area contributed by atoms with Gasteiger partial charge < -0.3 is 15.7 Å². The Hall–Kier alpha value is -3.94. The molecule has 1 heterocycles. The van der Waals surface area contributed by atoms with E-state index in [4.69, 9.17) is 28.3 Å². The number of amides is 1. The number of aromatic nitrogens is 1. The number of nitrogens with one attached hydrogen (secondary N) is 2. The number of carbonyl (C=O) groups excluding carboxylic acids is 1. The number of carboxylic acids is 1. The molecule has 0 spiro atoms. The smallest absolute Gasteiger partial charge is 0.305 e. The summed E-state index contributed by atoms with van der Waals surface area (Å²) in [4.78, 5) is 27.0. The molecule has 0 saturated heterocycles. The third kappa shape index (κ3) is 6.84. The van der Waals surface area contributed by atoms with Gasteiger partial charge in [0.1, 0.15) is 11.5 Å². The minimum absolute atomic E-state index is 0.0128. The van der Waals surface area contributed by atoms with Crippen molar-refractivity contribution in [1.82, 2.24) is 10.3 Å². The predicted molar refractivity (Wildman–Crippen MR) is 143 cm³/mol. The van der Waals surface area contributed by atoms with Gasteiger partial charge in [0.25, 0.3) is 5.91 Å². The molecular formula is C28H22Cl2FN3O3. The number of halogens is 3. The summed E-state index contributed by atoms with van der Waals surface area (Å²) < 4.78 is 14.9. The lowest BCUT2D eigenvalue weighted by atomic mass is 10.0. The fourth-order valence-corrected chi connectivity index (χ4v) is 4.00. The molecule has 3 N–H and O–H groups in total. The van der Waals surface area contributed by atoms with Crippen LogP contribution < -0.4 is 10.6 Å². The highest BCUT2D eigenvalue weighted by molar-refractivity contribution is 6.31. The van der Waals surface area contributed by atoms with Gasteiger partial charge in [-0.3, -0.25) is 14.6 Å². The number of rotatable bonds is 9. The van der Waals surface area contributed by atoms with Gasteiger partial charge in [-0.25, -0.2) is 4.39 Å². The maximum Gasteiger partial charge on any atom is 0.305 e. The minimum Gasteiger partial charge on any atom is -0.481 e. The molecule has 3 aromatic carbocycles. The summed E-state index contributed by atoms with van der Waals surface area (Å²) >= 11 is 12.2. The minimum atomic E-state index is -0.997. The predicted octanol–water partition coefficient (Wildman–Crippen LogP) is 6.68. The van der Waals surface area contributed by atoms with Crippen LogP contribution in [0.5, 0.6) is 0 Å². The molecule has 0 unspecified atom stereocenters. The number of hydrogen-bond donors (Lipinski definition) is 3. The summed E-state index contributed by atoms with van der Waals surface area (Å²) in [7, 11) is 0. The van der Waals surface area contributed by atoms with Gasteiger partial charge in [-0.15, -0.1) is 0 Å². The van der Waals surface area contributed by atoms with Gasteiger partial charge >= 0.3 is 5.97 Å². The molecule has 0 radical (unpaired) electrons. The Bertz CT molecular complexity index is 1430. The van der Waals surface area contributed by atoms with E-state index in [1.54, 1.807) is 48.7 Å². The van der Waals surface area contributed by atoms with Gasteiger partial charge in [-0.2, -0.15) is 0 Å². The van der Waals surface area contributed by atoms with E-state index in [2.05, 4.69) is 15.6 Å². The van der Waals surface area contributed by atoms with Crippen LogP contribution in [0.4, 0.5) is 10.1 Å². The van der Waals surface area contributed by atoms with Crippen molar-refractivity contribution in [3.63, 3.8) is 0 Å². The molecule has 9 heteroatoms. The van der Waals surface area contributed by atoms with Crippen LogP contribution >= 0.6 is 23.2 Å². The molecular weight excluding hydrogens is 516 g/mol. The van der Waals surface area contributed by atoms with Crippen molar-refractivity contribution in [2.45, 2.75) is 13.0 Å². The second-order valence-electron chi connectivity index (χ2n) is 8.19. The second kappa shape index (κ2) is 11.9. The third-order valence-corrected chi connectivity index (χ3v) is 6.11. The molecule has 0 aliphatic carbocycles. The number of aliphatic carboxylic acids is 1. The van der Waals surface area contributed by atoms with Crippen LogP contribution in [0.1, 0.15) is 22.5 Å². The van der Waals surface area contributed by atoms with Crippen molar-refractivity contribution in [2.75, 3.05) is 11.9 Å². The summed E-state index contributed by atoms with van der Waals surface area (Å²) in [6.45, 7) is 0.333. The fraction of sp³-hybridized carbons (Fsp3) is 0.107. The molecule has 4 rings (SSSR count). The summed E-state index contributed by atoms with van der Waals surface area (Å²) in [5, 5.41) is 15.5. The van der Waals surface area contributed by atoms with Crippen LogP contribution in [-0.2, 0) is 11.3 Å². The number of carbonyl (C=O) groups is 2. The first-order valence-electron chi connectivity index (χ1n) is 11.3. The zero-order valence-corrected chi connectivity index (χ0v) is 21.0. The number of pyridine rings is 1. The van der Waals surface area contributed by atoms with E-state index < -0.39 is 11.9 Å². The highest BCUT2D eigenvalue weighted by Crippen LogP contribution is 2.29. The van der Waals surface area contributed by atoms with E-state index in [0.717, 1.165) is 27.8 Å². The SMILES string of the molecule is O=C(O)CCNC(=O)c1ccc(-c2cc(Cl)ccc2CNc2ccc(-c3ccc(Cl)cc3)cc2F)cn1. The average molecular weight is 538 g/mol. The van der Waals surface area contributed by atoms with Gasteiger partial charge in [0.15, 0.2) is 0 Å². The quantitative estimate of drug-likeness (QED) is 0.221. The highest BCUT2D eigenvalue weighted by atomic mass is 35.5. The Kier molecular flexibility index (Phi) is 8.38. The van der Waals surface area contributed by atoms with Crippen molar-refractivity contribution >= 4 is 40.8 Å². The van der Waals surface area contributed by atoms with Crippen molar-refractivity contribution in [3.05, 3.63) is 106 Å². The molecule has 6 nitrogen and oxygen atoms in total. The van der Waals surface area contributed by atoms with Crippen LogP contribution in [0.2, 0.25) is 10.0 Å². The van der Waals surface area contributed by atoms with Crippen LogP contribution in [0, 0.1) is 5.82 Å². The fourth-order valence-electron chi connectivity index (χ4n) is 3.70. The van der Waals surface area contributed by atoms with E-state index in [1.165, 1.54) is 6.07 Å². The molecule has 1 amide bonds. The summed E-state index contributed by atoms with van der Waals surface area (Å²) in [6.07, 6.45) is 1.37. The lowest BCUT2D eigenvalue weighted by Gasteiger charge is -2.14. The topological polar surface area (TPSA) is 91.3 Å². The van der Waals surface area contributed by atoms with E-state index in [1.807, 2.05) is 24.3 Å². The first kappa shape index (κ1) is 26.1. The zero-order chi connectivity index (χ0) is 26.4. The second-order valence-corrected chi connectivity index (χ2v) is 9.06. The zero-order valence-electron chi connectivity index (χ0n) is 19.5. The average Bonchev–Trinajstić information content (AvgIpc) is 2.89. The lowest BCUT2D eigenvalue weighted by molar-refractivity contribution is -0.136. The monoisotopic (exact) mass is 537 g/mol.